The Labute approximate surface area is 155 Å². The van der Waals surface area contributed by atoms with Gasteiger partial charge in [0.2, 0.25) is 0 Å². The third kappa shape index (κ3) is 36.9. The third-order valence-electron chi connectivity index (χ3n) is 1.73. The van der Waals surface area contributed by atoms with Crippen molar-refractivity contribution >= 4 is 15.8 Å². The zero-order chi connectivity index (χ0) is 16.5. The standard InChI is InChI=1S/C7H7.C6H8.2C3H9P.Ir/c1-7-5-3-2-4-6-7;1-2-4-6-5-3-1;2*1-4(2)3;/h2-6H,1H2;1-4H,5-6H2;2*1-3H3;/q-1;;;;. The van der Waals surface area contributed by atoms with Gasteiger partial charge in [0.1, 0.15) is 0 Å². The van der Waals surface area contributed by atoms with E-state index in [0.29, 0.717) is 15.8 Å². The summed E-state index contributed by atoms with van der Waals surface area (Å²) >= 11 is 0. The van der Waals surface area contributed by atoms with E-state index in [0.717, 1.165) is 5.56 Å². The predicted molar refractivity (Wildman–Crippen MR) is 108 cm³/mol. The van der Waals surface area contributed by atoms with Crippen molar-refractivity contribution in [2.24, 2.45) is 0 Å². The van der Waals surface area contributed by atoms with Gasteiger partial charge in [0.05, 0.1) is 0 Å². The maximum Gasteiger partial charge on any atom is 0 e. The monoisotopic (exact) mass is 516 g/mol. The van der Waals surface area contributed by atoms with E-state index in [4.69, 9.17) is 0 Å². The summed E-state index contributed by atoms with van der Waals surface area (Å²) in [7, 11) is 0.759. The van der Waals surface area contributed by atoms with E-state index in [1.807, 2.05) is 30.3 Å². The number of hydrogen-bond acceptors (Lipinski definition) is 0. The molecule has 22 heavy (non-hydrogen) atoms. The zero-order valence-electron chi connectivity index (χ0n) is 15.0. The van der Waals surface area contributed by atoms with Crippen LogP contribution >= 0.6 is 15.8 Å². The van der Waals surface area contributed by atoms with Crippen LogP contribution in [0.5, 0.6) is 0 Å². The van der Waals surface area contributed by atoms with Crippen molar-refractivity contribution in [1.82, 2.24) is 0 Å². The molecule has 0 saturated carbocycles. The first-order chi connectivity index (χ1) is 9.86. The SMILES string of the molecule is C1=CCCC=C1.CP(C)C.CP(C)C.[CH2-]c1ccccc1.[Ir]. The van der Waals surface area contributed by atoms with Gasteiger partial charge in [-0.25, -0.2) is 0 Å². The molecule has 0 saturated heterocycles. The first-order valence-corrected chi connectivity index (χ1v) is 12.6. The van der Waals surface area contributed by atoms with Crippen LogP contribution in [0.25, 0.3) is 0 Å². The Morgan fingerprint density at radius 3 is 1.18 bits per heavy atom. The fourth-order valence-electron chi connectivity index (χ4n) is 1.02. The molecule has 0 bridgehead atoms. The first-order valence-electron chi connectivity index (χ1n) is 7.26. The first kappa shape index (κ1) is 27.0. The molecule has 0 atom stereocenters. The van der Waals surface area contributed by atoms with Crippen LogP contribution in [0.1, 0.15) is 18.4 Å². The number of benzene rings is 1. The van der Waals surface area contributed by atoms with Gasteiger partial charge in [-0.05, 0) is 52.8 Å². The van der Waals surface area contributed by atoms with Crippen LogP contribution in [0.4, 0.5) is 0 Å². The molecule has 2 rings (SSSR count). The molecule has 0 nitrogen and oxygen atoms in total. The van der Waals surface area contributed by atoms with Crippen molar-refractivity contribution in [3.63, 3.8) is 0 Å². The van der Waals surface area contributed by atoms with Crippen molar-refractivity contribution in [2.75, 3.05) is 40.0 Å². The Morgan fingerprint density at radius 2 is 1.05 bits per heavy atom. The van der Waals surface area contributed by atoms with E-state index >= 15 is 0 Å². The second-order valence-corrected chi connectivity index (χ2v) is 11.0. The van der Waals surface area contributed by atoms with E-state index in [-0.39, 0.29) is 20.1 Å². The number of allylic oxidation sites excluding steroid dienone is 4. The molecule has 129 valence electrons. The Morgan fingerprint density at radius 1 is 0.727 bits per heavy atom. The summed E-state index contributed by atoms with van der Waals surface area (Å²) in [6, 6.07) is 9.87. The fourth-order valence-corrected chi connectivity index (χ4v) is 1.02. The van der Waals surface area contributed by atoms with Gasteiger partial charge in [0, 0.05) is 20.1 Å². The minimum atomic E-state index is 0. The topological polar surface area (TPSA) is 0 Å². The Bertz CT molecular complexity index is 333. The molecule has 1 aromatic carbocycles. The maximum atomic E-state index is 3.72. The molecular formula is C19H33IrP2-. The van der Waals surface area contributed by atoms with Crippen molar-refractivity contribution in [3.05, 3.63) is 67.1 Å². The molecule has 1 aliphatic rings. The van der Waals surface area contributed by atoms with E-state index in [1.165, 1.54) is 12.8 Å². The van der Waals surface area contributed by atoms with Gasteiger partial charge >= 0.3 is 0 Å². The molecule has 1 radical (unpaired) electrons. The summed E-state index contributed by atoms with van der Waals surface area (Å²) in [4.78, 5) is 0. The van der Waals surface area contributed by atoms with Gasteiger partial charge in [-0.1, -0.05) is 30.4 Å². The van der Waals surface area contributed by atoms with Gasteiger partial charge in [-0.15, -0.1) is 28.0 Å². The van der Waals surface area contributed by atoms with E-state index in [2.05, 4.69) is 71.2 Å². The van der Waals surface area contributed by atoms with Crippen LogP contribution in [-0.4, -0.2) is 40.0 Å². The minimum Gasteiger partial charge on any atom is -0.199 e. The fraction of sp³-hybridized carbons (Fsp3) is 0.421. The van der Waals surface area contributed by atoms with Crippen LogP contribution in [0, 0.1) is 6.92 Å². The Balaban J connectivity index is -0.000000223. The average molecular weight is 516 g/mol. The normalized spacial score (nSPS) is 11.1. The summed E-state index contributed by atoms with van der Waals surface area (Å²) in [6.07, 6.45) is 11.0. The van der Waals surface area contributed by atoms with Gasteiger partial charge < -0.3 is 0 Å². The quantitative estimate of drug-likeness (QED) is 0.274. The van der Waals surface area contributed by atoms with Crippen molar-refractivity contribution in [1.29, 1.82) is 0 Å². The largest absolute Gasteiger partial charge is 0.199 e. The Kier molecular flexibility index (Phi) is 25.8. The number of rotatable bonds is 0. The van der Waals surface area contributed by atoms with Gasteiger partial charge in [0.25, 0.3) is 0 Å². The molecule has 1 aliphatic carbocycles. The van der Waals surface area contributed by atoms with Crippen LogP contribution in [0.3, 0.4) is 0 Å². The van der Waals surface area contributed by atoms with Crippen molar-refractivity contribution in [3.8, 4) is 0 Å². The van der Waals surface area contributed by atoms with Crippen LogP contribution in [0.15, 0.2) is 54.6 Å². The molecule has 0 unspecified atom stereocenters. The van der Waals surface area contributed by atoms with E-state index in [9.17, 15) is 0 Å². The second kappa shape index (κ2) is 21.1. The predicted octanol–water partition coefficient (Wildman–Crippen LogP) is 6.47. The zero-order valence-corrected chi connectivity index (χ0v) is 19.2. The third-order valence-corrected chi connectivity index (χ3v) is 1.73. The maximum absolute atomic E-state index is 3.72. The smallest absolute Gasteiger partial charge is 0 e. The van der Waals surface area contributed by atoms with Gasteiger partial charge in [0.15, 0.2) is 0 Å². The molecule has 0 fully saturated rings. The molecule has 0 amide bonds. The summed E-state index contributed by atoms with van der Waals surface area (Å²) < 4.78 is 0. The number of hydrogen-bond donors (Lipinski definition) is 0. The van der Waals surface area contributed by atoms with E-state index in [1.54, 1.807) is 0 Å². The molecule has 3 heteroatoms. The Hall–Kier alpha value is 0.0794. The summed E-state index contributed by atoms with van der Waals surface area (Å²) in [5.41, 5.74) is 1.07. The summed E-state index contributed by atoms with van der Waals surface area (Å²) in [5.74, 6) is 0. The minimum absolute atomic E-state index is 0. The summed E-state index contributed by atoms with van der Waals surface area (Å²) in [6.45, 7) is 17.1. The molecule has 1 aromatic rings. The molecule has 0 aromatic heterocycles. The second-order valence-electron chi connectivity index (χ2n) is 5.60. The van der Waals surface area contributed by atoms with Gasteiger partial charge in [-0.3, -0.25) is 0 Å². The summed E-state index contributed by atoms with van der Waals surface area (Å²) in [5, 5.41) is 0. The van der Waals surface area contributed by atoms with Gasteiger partial charge in [-0.2, -0.15) is 24.6 Å². The molecule has 0 N–H and O–H groups in total. The van der Waals surface area contributed by atoms with E-state index < -0.39 is 0 Å². The van der Waals surface area contributed by atoms with Crippen LogP contribution < -0.4 is 0 Å². The molecule has 0 heterocycles. The van der Waals surface area contributed by atoms with Crippen molar-refractivity contribution in [2.45, 2.75) is 12.8 Å². The molecule has 0 spiro atoms. The van der Waals surface area contributed by atoms with Crippen LogP contribution in [-0.2, 0) is 20.1 Å². The average Bonchev–Trinajstić information content (AvgIpc) is 2.41. The van der Waals surface area contributed by atoms with Crippen molar-refractivity contribution < 1.29 is 20.1 Å². The van der Waals surface area contributed by atoms with Crippen LogP contribution in [0.2, 0.25) is 0 Å². The molecule has 0 aliphatic heterocycles. The molecular weight excluding hydrogens is 482 g/mol.